The molecule has 96 valence electrons. The highest BCUT2D eigenvalue weighted by Gasteiger charge is 2.24. The van der Waals surface area contributed by atoms with Crippen molar-refractivity contribution in [2.45, 2.75) is 25.7 Å². The molecule has 0 atom stereocenters. The van der Waals surface area contributed by atoms with Crippen LogP contribution >= 0.6 is 0 Å². The van der Waals surface area contributed by atoms with E-state index in [1.165, 1.54) is 0 Å². The Labute approximate surface area is 100 Å². The summed E-state index contributed by atoms with van der Waals surface area (Å²) in [6.07, 6.45) is 2.68. The first-order chi connectivity index (χ1) is 8.09. The molecule has 0 aliphatic carbocycles. The highest BCUT2D eigenvalue weighted by Crippen LogP contribution is 2.21. The van der Waals surface area contributed by atoms with Crippen molar-refractivity contribution < 1.29 is 12.9 Å². The summed E-state index contributed by atoms with van der Waals surface area (Å²) in [6.45, 7) is 0.489. The molecule has 1 aliphatic rings. The van der Waals surface area contributed by atoms with E-state index in [0.29, 0.717) is 49.9 Å². The van der Waals surface area contributed by atoms with E-state index in [1.54, 1.807) is 0 Å². The highest BCUT2D eigenvalue weighted by molar-refractivity contribution is 7.91. The molecule has 1 saturated heterocycles. The van der Waals surface area contributed by atoms with E-state index in [4.69, 9.17) is 10.3 Å². The second-order valence-corrected chi connectivity index (χ2v) is 6.75. The third-order valence-corrected chi connectivity index (χ3v) is 4.73. The smallest absolute Gasteiger partial charge is 0.227 e. The van der Waals surface area contributed by atoms with E-state index in [9.17, 15) is 8.42 Å². The van der Waals surface area contributed by atoms with Crippen LogP contribution < -0.4 is 5.73 Å². The molecule has 0 radical (unpaired) electrons. The van der Waals surface area contributed by atoms with E-state index in [-0.39, 0.29) is 11.5 Å². The molecule has 2 heterocycles. The van der Waals surface area contributed by atoms with E-state index < -0.39 is 9.84 Å². The van der Waals surface area contributed by atoms with Gasteiger partial charge in [0.25, 0.3) is 0 Å². The van der Waals surface area contributed by atoms with Crippen LogP contribution in [0.3, 0.4) is 0 Å². The Morgan fingerprint density at radius 1 is 1.35 bits per heavy atom. The number of aromatic nitrogens is 2. The molecule has 7 heteroatoms. The third-order valence-electron chi connectivity index (χ3n) is 3.01. The summed E-state index contributed by atoms with van der Waals surface area (Å²) >= 11 is 0. The molecule has 0 amide bonds. The van der Waals surface area contributed by atoms with Gasteiger partial charge in [-0.25, -0.2) is 8.42 Å². The lowest BCUT2D eigenvalue weighted by Gasteiger charge is -2.20. The van der Waals surface area contributed by atoms with Gasteiger partial charge < -0.3 is 10.3 Å². The van der Waals surface area contributed by atoms with Gasteiger partial charge in [-0.2, -0.15) is 4.98 Å². The molecule has 0 aromatic carbocycles. The fourth-order valence-corrected chi connectivity index (χ4v) is 3.59. The summed E-state index contributed by atoms with van der Waals surface area (Å²) in [6, 6.07) is 0. The molecule has 1 aliphatic heterocycles. The molecule has 1 aromatic rings. The van der Waals surface area contributed by atoms with Crippen LogP contribution in [0.4, 0.5) is 0 Å². The fraction of sp³-hybridized carbons (Fsp3) is 0.800. The van der Waals surface area contributed by atoms with Gasteiger partial charge in [-0.3, -0.25) is 0 Å². The number of hydrogen-bond donors (Lipinski definition) is 1. The van der Waals surface area contributed by atoms with Crippen molar-refractivity contribution in [2.75, 3.05) is 18.1 Å². The van der Waals surface area contributed by atoms with Crippen molar-refractivity contribution in [3.63, 3.8) is 0 Å². The summed E-state index contributed by atoms with van der Waals surface area (Å²) in [5.41, 5.74) is 5.39. The molecule has 2 rings (SSSR count). The normalized spacial score (nSPS) is 20.5. The first-order valence-corrected chi connectivity index (χ1v) is 7.63. The van der Waals surface area contributed by atoms with E-state index in [0.717, 1.165) is 0 Å². The minimum atomic E-state index is -2.79. The summed E-state index contributed by atoms with van der Waals surface area (Å²) in [5.74, 6) is 2.14. The number of rotatable bonds is 4. The van der Waals surface area contributed by atoms with Gasteiger partial charge in [0.2, 0.25) is 5.89 Å². The third kappa shape index (κ3) is 3.50. The van der Waals surface area contributed by atoms with Gasteiger partial charge in [0.1, 0.15) is 9.84 Å². The van der Waals surface area contributed by atoms with Gasteiger partial charge in [0.05, 0.1) is 11.5 Å². The van der Waals surface area contributed by atoms with E-state index >= 15 is 0 Å². The Hall–Kier alpha value is -0.950. The molecule has 2 N–H and O–H groups in total. The van der Waals surface area contributed by atoms with Gasteiger partial charge in [-0.15, -0.1) is 0 Å². The Morgan fingerprint density at radius 3 is 2.71 bits per heavy atom. The van der Waals surface area contributed by atoms with Crippen LogP contribution in [0.2, 0.25) is 0 Å². The van der Waals surface area contributed by atoms with Crippen LogP contribution in [0.15, 0.2) is 4.52 Å². The standard InChI is InChI=1S/C10H17N3O3S/c11-4-1-10-12-9(13-16-10)7-8-2-5-17(14,15)6-3-8/h8H,1-7,11H2. The second-order valence-electron chi connectivity index (χ2n) is 4.44. The van der Waals surface area contributed by atoms with Crippen LogP contribution in [0.5, 0.6) is 0 Å². The number of hydrogen-bond acceptors (Lipinski definition) is 6. The molecule has 1 aromatic heterocycles. The van der Waals surface area contributed by atoms with Crippen molar-refractivity contribution in [2.24, 2.45) is 11.7 Å². The molecule has 0 spiro atoms. The van der Waals surface area contributed by atoms with Crippen molar-refractivity contribution in [3.05, 3.63) is 11.7 Å². The molecular formula is C10H17N3O3S. The number of nitrogens with two attached hydrogens (primary N) is 1. The Kier molecular flexibility index (Phi) is 3.78. The zero-order valence-electron chi connectivity index (χ0n) is 9.63. The molecule has 17 heavy (non-hydrogen) atoms. The Bertz CT molecular complexity index is 455. The zero-order chi connectivity index (χ0) is 12.3. The van der Waals surface area contributed by atoms with Gasteiger partial charge in [-0.1, -0.05) is 5.16 Å². The topological polar surface area (TPSA) is 99.1 Å². The molecule has 0 saturated carbocycles. The predicted molar refractivity (Wildman–Crippen MR) is 62.1 cm³/mol. The number of nitrogens with zero attached hydrogens (tertiary/aromatic N) is 2. The monoisotopic (exact) mass is 259 g/mol. The lowest BCUT2D eigenvalue weighted by atomic mass is 9.99. The highest BCUT2D eigenvalue weighted by atomic mass is 32.2. The minimum absolute atomic E-state index is 0.283. The van der Waals surface area contributed by atoms with Crippen molar-refractivity contribution in [1.29, 1.82) is 0 Å². The lowest BCUT2D eigenvalue weighted by Crippen LogP contribution is -2.24. The first-order valence-electron chi connectivity index (χ1n) is 5.81. The summed E-state index contributed by atoms with van der Waals surface area (Å²) in [4.78, 5) is 4.22. The maximum absolute atomic E-state index is 11.3. The lowest BCUT2D eigenvalue weighted by molar-refractivity contribution is 0.367. The van der Waals surface area contributed by atoms with Crippen molar-refractivity contribution in [1.82, 2.24) is 10.1 Å². The molecule has 1 fully saturated rings. The molecule has 0 bridgehead atoms. The van der Waals surface area contributed by atoms with E-state index in [1.807, 2.05) is 0 Å². The Morgan fingerprint density at radius 2 is 2.06 bits per heavy atom. The average Bonchev–Trinajstić information content (AvgIpc) is 2.70. The summed E-state index contributed by atoms with van der Waals surface area (Å²) in [7, 11) is -2.79. The summed E-state index contributed by atoms with van der Waals surface area (Å²) in [5, 5.41) is 3.87. The second kappa shape index (κ2) is 5.14. The number of sulfone groups is 1. The van der Waals surface area contributed by atoms with Gasteiger partial charge in [-0.05, 0) is 18.8 Å². The van der Waals surface area contributed by atoms with Crippen LogP contribution in [0.25, 0.3) is 0 Å². The predicted octanol–water partition coefficient (Wildman–Crippen LogP) is -0.0619. The van der Waals surface area contributed by atoms with Crippen molar-refractivity contribution in [3.8, 4) is 0 Å². The first kappa shape index (κ1) is 12.5. The van der Waals surface area contributed by atoms with Gasteiger partial charge in [0, 0.05) is 19.4 Å². The Balaban J connectivity index is 1.88. The molecular weight excluding hydrogens is 242 g/mol. The maximum Gasteiger partial charge on any atom is 0.227 e. The largest absolute Gasteiger partial charge is 0.339 e. The fourth-order valence-electron chi connectivity index (χ4n) is 2.00. The van der Waals surface area contributed by atoms with Crippen LogP contribution in [0, 0.1) is 5.92 Å². The maximum atomic E-state index is 11.3. The SMILES string of the molecule is NCCc1nc(CC2CCS(=O)(=O)CC2)no1. The van der Waals surface area contributed by atoms with Gasteiger partial charge in [0.15, 0.2) is 5.82 Å². The zero-order valence-corrected chi connectivity index (χ0v) is 10.4. The van der Waals surface area contributed by atoms with Crippen LogP contribution in [-0.2, 0) is 22.7 Å². The minimum Gasteiger partial charge on any atom is -0.339 e. The van der Waals surface area contributed by atoms with Crippen LogP contribution in [0.1, 0.15) is 24.6 Å². The summed E-state index contributed by atoms with van der Waals surface area (Å²) < 4.78 is 27.6. The molecule has 0 unspecified atom stereocenters. The average molecular weight is 259 g/mol. The van der Waals surface area contributed by atoms with E-state index in [2.05, 4.69) is 10.1 Å². The van der Waals surface area contributed by atoms with Crippen molar-refractivity contribution >= 4 is 9.84 Å². The molecule has 6 nitrogen and oxygen atoms in total. The van der Waals surface area contributed by atoms with Crippen LogP contribution in [-0.4, -0.2) is 36.6 Å². The quantitative estimate of drug-likeness (QED) is 0.813. The van der Waals surface area contributed by atoms with Gasteiger partial charge >= 0.3 is 0 Å².